The van der Waals surface area contributed by atoms with Crippen LogP contribution in [0.4, 0.5) is 0 Å². The molecule has 1 aliphatic heterocycles. The zero-order chi connectivity index (χ0) is 22.8. The van der Waals surface area contributed by atoms with Gasteiger partial charge in [-0.2, -0.15) is 0 Å². The molecule has 2 aromatic rings. The Morgan fingerprint density at radius 1 is 1.22 bits per heavy atom. The maximum absolute atomic E-state index is 12.9. The molecule has 32 heavy (non-hydrogen) atoms. The minimum Gasteiger partial charge on any atom is -0.497 e. The lowest BCUT2D eigenvalue weighted by Gasteiger charge is -2.36. The van der Waals surface area contributed by atoms with E-state index in [2.05, 4.69) is 39.9 Å². The molecule has 2 heterocycles. The molecule has 0 saturated carbocycles. The Kier molecular flexibility index (Phi) is 9.50. The van der Waals surface area contributed by atoms with Gasteiger partial charge in [0.25, 0.3) is 0 Å². The van der Waals surface area contributed by atoms with E-state index in [0.717, 1.165) is 51.4 Å². The van der Waals surface area contributed by atoms with E-state index in [0.29, 0.717) is 12.5 Å². The van der Waals surface area contributed by atoms with E-state index >= 15 is 0 Å². The fraction of sp³-hybridized carbons (Fsp3) is 0.538. The molecule has 0 N–H and O–H groups in total. The summed E-state index contributed by atoms with van der Waals surface area (Å²) >= 11 is 0. The van der Waals surface area contributed by atoms with Crippen LogP contribution in [0.3, 0.4) is 0 Å². The van der Waals surface area contributed by atoms with Gasteiger partial charge in [-0.05, 0) is 81.1 Å². The molecule has 0 bridgehead atoms. The van der Waals surface area contributed by atoms with E-state index in [1.165, 1.54) is 24.0 Å². The first-order valence-corrected chi connectivity index (χ1v) is 11.8. The lowest BCUT2D eigenvalue weighted by atomic mass is 9.96. The summed E-state index contributed by atoms with van der Waals surface area (Å²) in [4.78, 5) is 23.7. The Morgan fingerprint density at radius 3 is 2.78 bits per heavy atom. The van der Waals surface area contributed by atoms with E-state index < -0.39 is 0 Å². The Hall–Kier alpha value is -2.44. The number of carbonyl (C=O) groups excluding carboxylic acids is 1. The zero-order valence-electron chi connectivity index (χ0n) is 19.9. The number of nitrogens with zero attached hydrogens (tertiary/aromatic N) is 4. The minimum absolute atomic E-state index is 0.220. The molecule has 1 saturated heterocycles. The van der Waals surface area contributed by atoms with Crippen LogP contribution in [0.1, 0.15) is 30.9 Å². The predicted octanol–water partition coefficient (Wildman–Crippen LogP) is 3.33. The Labute approximate surface area is 193 Å². The standard InChI is InChI=1S/C26H38N4O2/c1-4-30(26(31)21-28(2)18-23-10-13-27-14-11-23)20-24-8-6-15-29(19-24)16-12-22-7-5-9-25(17-22)32-3/h5,7,9-11,13-14,17,24H,4,6,8,12,15-16,18-21H2,1-3H3/t24-/m1/s1. The summed E-state index contributed by atoms with van der Waals surface area (Å²) in [7, 11) is 3.72. The van der Waals surface area contributed by atoms with Crippen molar-refractivity contribution in [2.24, 2.45) is 5.92 Å². The van der Waals surface area contributed by atoms with Gasteiger partial charge in [0.2, 0.25) is 5.91 Å². The van der Waals surface area contributed by atoms with Crippen LogP contribution in [0.2, 0.25) is 0 Å². The molecular formula is C26H38N4O2. The van der Waals surface area contributed by atoms with Gasteiger partial charge >= 0.3 is 0 Å². The molecule has 0 unspecified atom stereocenters. The third-order valence-electron chi connectivity index (χ3n) is 6.27. The fourth-order valence-electron chi connectivity index (χ4n) is 4.52. The summed E-state index contributed by atoms with van der Waals surface area (Å²) in [5.41, 5.74) is 2.49. The van der Waals surface area contributed by atoms with Crippen molar-refractivity contribution in [1.82, 2.24) is 19.7 Å². The number of hydrogen-bond donors (Lipinski definition) is 0. The second-order valence-electron chi connectivity index (χ2n) is 8.87. The number of benzene rings is 1. The smallest absolute Gasteiger partial charge is 0.236 e. The van der Waals surface area contributed by atoms with Crippen LogP contribution in [-0.4, -0.2) is 79.0 Å². The number of pyridine rings is 1. The van der Waals surface area contributed by atoms with Crippen LogP contribution in [0.5, 0.6) is 5.75 Å². The molecule has 1 aromatic carbocycles. The van der Waals surface area contributed by atoms with E-state index in [1.54, 1.807) is 19.5 Å². The first-order valence-electron chi connectivity index (χ1n) is 11.8. The summed E-state index contributed by atoms with van der Waals surface area (Å²) < 4.78 is 5.35. The lowest BCUT2D eigenvalue weighted by molar-refractivity contribution is -0.133. The van der Waals surface area contributed by atoms with Crippen molar-refractivity contribution in [1.29, 1.82) is 0 Å². The number of likely N-dealkylation sites (N-methyl/N-ethyl adjacent to an activating group) is 2. The first kappa shape index (κ1) is 24.2. The Balaban J connectivity index is 1.45. The molecule has 6 heteroatoms. The van der Waals surface area contributed by atoms with Crippen molar-refractivity contribution in [3.05, 3.63) is 59.9 Å². The maximum Gasteiger partial charge on any atom is 0.236 e. The topological polar surface area (TPSA) is 48.9 Å². The van der Waals surface area contributed by atoms with Gasteiger partial charge in [0, 0.05) is 45.1 Å². The molecule has 1 fully saturated rings. The van der Waals surface area contributed by atoms with Gasteiger partial charge in [-0.25, -0.2) is 0 Å². The molecule has 1 amide bonds. The Bertz CT molecular complexity index is 830. The van der Waals surface area contributed by atoms with E-state index in [4.69, 9.17) is 4.74 Å². The first-order chi connectivity index (χ1) is 15.6. The van der Waals surface area contributed by atoms with Crippen LogP contribution < -0.4 is 4.74 Å². The molecule has 0 aliphatic carbocycles. The van der Waals surface area contributed by atoms with Gasteiger partial charge in [0.05, 0.1) is 13.7 Å². The monoisotopic (exact) mass is 438 g/mol. The largest absolute Gasteiger partial charge is 0.497 e. The van der Waals surface area contributed by atoms with E-state index in [-0.39, 0.29) is 5.91 Å². The van der Waals surface area contributed by atoms with Crippen LogP contribution in [0.25, 0.3) is 0 Å². The van der Waals surface area contributed by atoms with Crippen molar-refractivity contribution in [3.8, 4) is 5.75 Å². The van der Waals surface area contributed by atoms with Gasteiger partial charge in [0.1, 0.15) is 5.75 Å². The number of rotatable bonds is 11. The molecular weight excluding hydrogens is 400 g/mol. The molecule has 6 nitrogen and oxygen atoms in total. The fourth-order valence-corrected chi connectivity index (χ4v) is 4.52. The second-order valence-corrected chi connectivity index (χ2v) is 8.87. The molecule has 3 rings (SSSR count). The molecule has 174 valence electrons. The van der Waals surface area contributed by atoms with E-state index in [1.807, 2.05) is 30.1 Å². The maximum atomic E-state index is 12.9. The van der Waals surface area contributed by atoms with Crippen molar-refractivity contribution >= 4 is 5.91 Å². The highest BCUT2D eigenvalue weighted by atomic mass is 16.5. The van der Waals surface area contributed by atoms with Crippen molar-refractivity contribution in [2.45, 2.75) is 32.7 Å². The van der Waals surface area contributed by atoms with Crippen LogP contribution in [0, 0.1) is 5.92 Å². The van der Waals surface area contributed by atoms with E-state index in [9.17, 15) is 4.79 Å². The minimum atomic E-state index is 0.220. The summed E-state index contributed by atoms with van der Waals surface area (Å²) in [5.74, 6) is 1.69. The van der Waals surface area contributed by atoms with Crippen LogP contribution in [-0.2, 0) is 17.8 Å². The normalized spacial score (nSPS) is 16.8. The molecule has 0 radical (unpaired) electrons. The molecule has 0 spiro atoms. The Morgan fingerprint density at radius 2 is 2.03 bits per heavy atom. The zero-order valence-corrected chi connectivity index (χ0v) is 19.9. The SMILES string of the molecule is CCN(C[C@@H]1CCCN(CCc2cccc(OC)c2)C1)C(=O)CN(C)Cc1ccncc1. The molecule has 1 aliphatic rings. The quantitative estimate of drug-likeness (QED) is 0.539. The summed E-state index contributed by atoms with van der Waals surface area (Å²) in [5, 5.41) is 0. The third-order valence-corrected chi connectivity index (χ3v) is 6.27. The average molecular weight is 439 g/mol. The van der Waals surface area contributed by atoms with Gasteiger partial charge in [-0.3, -0.25) is 14.7 Å². The average Bonchev–Trinajstić information content (AvgIpc) is 2.82. The number of carbonyl (C=O) groups is 1. The number of ether oxygens (including phenoxy) is 1. The van der Waals surface area contributed by atoms with Gasteiger partial charge in [0.15, 0.2) is 0 Å². The summed E-state index contributed by atoms with van der Waals surface area (Å²) in [6.07, 6.45) is 7.03. The van der Waals surface area contributed by atoms with Gasteiger partial charge < -0.3 is 14.5 Å². The molecule has 1 atom stereocenters. The number of aromatic nitrogens is 1. The number of methoxy groups -OCH3 is 1. The summed E-state index contributed by atoms with van der Waals surface area (Å²) in [6.45, 7) is 8.18. The van der Waals surface area contributed by atoms with Crippen molar-refractivity contribution in [3.63, 3.8) is 0 Å². The highest BCUT2D eigenvalue weighted by molar-refractivity contribution is 5.78. The highest BCUT2D eigenvalue weighted by Gasteiger charge is 2.24. The number of piperidine rings is 1. The number of amides is 1. The highest BCUT2D eigenvalue weighted by Crippen LogP contribution is 2.19. The van der Waals surface area contributed by atoms with Crippen LogP contribution >= 0.6 is 0 Å². The number of hydrogen-bond acceptors (Lipinski definition) is 5. The van der Waals surface area contributed by atoms with Crippen LogP contribution in [0.15, 0.2) is 48.8 Å². The summed E-state index contributed by atoms with van der Waals surface area (Å²) in [6, 6.07) is 12.3. The van der Waals surface area contributed by atoms with Crippen molar-refractivity contribution in [2.75, 3.05) is 53.4 Å². The van der Waals surface area contributed by atoms with Gasteiger partial charge in [-0.15, -0.1) is 0 Å². The van der Waals surface area contributed by atoms with Crippen molar-refractivity contribution < 1.29 is 9.53 Å². The molecule has 1 aromatic heterocycles. The predicted molar refractivity (Wildman–Crippen MR) is 129 cm³/mol. The lowest BCUT2D eigenvalue weighted by Crippen LogP contribution is -2.45. The van der Waals surface area contributed by atoms with Gasteiger partial charge in [-0.1, -0.05) is 12.1 Å². The third kappa shape index (κ3) is 7.61. The second kappa shape index (κ2) is 12.6. The number of likely N-dealkylation sites (tertiary alicyclic amines) is 1.